The quantitative estimate of drug-likeness (QED) is 0.707. The zero-order chi connectivity index (χ0) is 19.6. The van der Waals surface area contributed by atoms with Crippen molar-refractivity contribution in [3.63, 3.8) is 0 Å². The van der Waals surface area contributed by atoms with Crippen LogP contribution in [0.1, 0.15) is 56.4 Å². The van der Waals surface area contributed by atoms with E-state index in [4.69, 9.17) is 11.6 Å². The van der Waals surface area contributed by atoms with E-state index in [1.807, 2.05) is 25.1 Å². The summed E-state index contributed by atoms with van der Waals surface area (Å²) in [5.74, 6) is -0.844. The first kappa shape index (κ1) is 19.1. The van der Waals surface area contributed by atoms with Crippen LogP contribution < -0.4 is 0 Å². The lowest BCUT2D eigenvalue weighted by Crippen LogP contribution is -2.30. The van der Waals surface area contributed by atoms with E-state index in [1.54, 1.807) is 30.1 Å². The Balaban J connectivity index is 1.80. The van der Waals surface area contributed by atoms with Crippen LogP contribution in [0, 0.1) is 0 Å². The molecule has 5 nitrogen and oxygen atoms in total. The molecule has 0 radical (unpaired) electrons. The van der Waals surface area contributed by atoms with Crippen molar-refractivity contribution >= 4 is 29.3 Å². The Hall–Kier alpha value is -2.66. The fourth-order valence-electron chi connectivity index (χ4n) is 3.12. The van der Waals surface area contributed by atoms with Gasteiger partial charge in [0.15, 0.2) is 0 Å². The van der Waals surface area contributed by atoms with Crippen molar-refractivity contribution in [1.29, 1.82) is 0 Å². The molecule has 2 aromatic rings. The van der Waals surface area contributed by atoms with Crippen LogP contribution in [-0.2, 0) is 6.54 Å². The predicted molar refractivity (Wildman–Crippen MR) is 104 cm³/mol. The Bertz CT molecular complexity index is 910. The zero-order valence-corrected chi connectivity index (χ0v) is 16.1. The fourth-order valence-corrected chi connectivity index (χ4v) is 3.31. The first-order valence-corrected chi connectivity index (χ1v) is 9.31. The van der Waals surface area contributed by atoms with E-state index in [2.05, 4.69) is 0 Å². The molecule has 0 atom stereocenters. The zero-order valence-electron chi connectivity index (χ0n) is 15.4. The summed E-state index contributed by atoms with van der Waals surface area (Å²) in [6.07, 6.45) is 1.65. The molecule has 1 aliphatic rings. The van der Waals surface area contributed by atoms with Gasteiger partial charge in [-0.15, -0.1) is 0 Å². The molecule has 27 heavy (non-hydrogen) atoms. The lowest BCUT2D eigenvalue weighted by atomic mass is 10.0. The first-order chi connectivity index (χ1) is 12.9. The van der Waals surface area contributed by atoms with Crippen molar-refractivity contribution < 1.29 is 14.4 Å². The van der Waals surface area contributed by atoms with E-state index in [9.17, 15) is 14.4 Å². The van der Waals surface area contributed by atoms with Gasteiger partial charge in [-0.05, 0) is 36.2 Å². The molecule has 0 saturated heterocycles. The van der Waals surface area contributed by atoms with Crippen LogP contribution in [0.25, 0.3) is 0 Å². The highest BCUT2D eigenvalue weighted by Gasteiger charge is 2.35. The third kappa shape index (κ3) is 3.74. The lowest BCUT2D eigenvalue weighted by molar-refractivity contribution is 0.0652. The number of carbonyl (C=O) groups is 3. The third-order valence-corrected chi connectivity index (χ3v) is 5.03. The highest BCUT2D eigenvalue weighted by Crippen LogP contribution is 2.25. The van der Waals surface area contributed by atoms with Gasteiger partial charge in [0.1, 0.15) is 0 Å². The topological polar surface area (TPSA) is 57.7 Å². The average Bonchev–Trinajstić information content (AvgIpc) is 2.91. The van der Waals surface area contributed by atoms with Crippen molar-refractivity contribution in [1.82, 2.24) is 9.80 Å². The van der Waals surface area contributed by atoms with Gasteiger partial charge in [0.05, 0.1) is 11.1 Å². The third-order valence-electron chi connectivity index (χ3n) is 4.66. The average molecular weight is 385 g/mol. The number of rotatable bonds is 6. The van der Waals surface area contributed by atoms with E-state index in [-0.39, 0.29) is 17.7 Å². The molecule has 0 fully saturated rings. The summed E-state index contributed by atoms with van der Waals surface area (Å²) in [4.78, 5) is 40.5. The van der Waals surface area contributed by atoms with E-state index in [0.717, 1.165) is 18.4 Å². The number of benzene rings is 2. The number of amides is 3. The minimum Gasteiger partial charge on any atom is -0.337 e. The summed E-state index contributed by atoms with van der Waals surface area (Å²) in [6.45, 7) is 2.76. The second-order valence-electron chi connectivity index (χ2n) is 6.63. The molecule has 0 aliphatic carbocycles. The molecule has 0 aromatic heterocycles. The minimum absolute atomic E-state index is 0.232. The SMILES string of the molecule is CCCCN1C(=O)c2ccc(C(=O)N(C)Cc3ccccc3Cl)cc2C1=O. The molecule has 3 amide bonds. The highest BCUT2D eigenvalue weighted by atomic mass is 35.5. The summed E-state index contributed by atoms with van der Waals surface area (Å²) in [5, 5.41) is 0.596. The summed E-state index contributed by atoms with van der Waals surface area (Å²) in [6, 6.07) is 12.0. The van der Waals surface area contributed by atoms with Crippen molar-refractivity contribution in [2.75, 3.05) is 13.6 Å². The summed E-state index contributed by atoms with van der Waals surface area (Å²) < 4.78 is 0. The largest absolute Gasteiger partial charge is 0.337 e. The van der Waals surface area contributed by atoms with E-state index < -0.39 is 0 Å². The van der Waals surface area contributed by atoms with Crippen LogP contribution in [-0.4, -0.2) is 41.1 Å². The van der Waals surface area contributed by atoms with Gasteiger partial charge < -0.3 is 4.90 Å². The van der Waals surface area contributed by atoms with Crippen molar-refractivity contribution in [3.8, 4) is 0 Å². The second-order valence-corrected chi connectivity index (χ2v) is 7.04. The van der Waals surface area contributed by atoms with Gasteiger partial charge in [-0.25, -0.2) is 0 Å². The van der Waals surface area contributed by atoms with Crippen LogP contribution in [0.3, 0.4) is 0 Å². The number of imide groups is 1. The molecule has 0 N–H and O–H groups in total. The van der Waals surface area contributed by atoms with Crippen molar-refractivity contribution in [3.05, 3.63) is 69.7 Å². The van der Waals surface area contributed by atoms with Crippen molar-refractivity contribution in [2.24, 2.45) is 0 Å². The summed E-state index contributed by atoms with van der Waals surface area (Å²) in [5.41, 5.74) is 1.88. The molecule has 2 aromatic carbocycles. The van der Waals surface area contributed by atoms with Crippen LogP contribution in [0.5, 0.6) is 0 Å². The van der Waals surface area contributed by atoms with Gasteiger partial charge >= 0.3 is 0 Å². The van der Waals surface area contributed by atoms with Crippen LogP contribution >= 0.6 is 11.6 Å². The van der Waals surface area contributed by atoms with Gasteiger partial charge in [-0.1, -0.05) is 43.1 Å². The van der Waals surface area contributed by atoms with Gasteiger partial charge in [-0.3, -0.25) is 19.3 Å². The summed E-state index contributed by atoms with van der Waals surface area (Å²) in [7, 11) is 1.68. The molecule has 1 heterocycles. The molecule has 0 spiro atoms. The Kier molecular flexibility index (Phi) is 5.61. The number of unbranched alkanes of at least 4 members (excludes halogenated alkanes) is 1. The smallest absolute Gasteiger partial charge is 0.261 e. The molecule has 1 aliphatic heterocycles. The standard InChI is InChI=1S/C21H21ClN2O3/c1-3-4-11-24-20(26)16-10-9-14(12-17(16)21(24)27)19(25)23(2)13-15-7-5-6-8-18(15)22/h5-10,12H,3-4,11,13H2,1-2H3. The van der Waals surface area contributed by atoms with Gasteiger partial charge in [-0.2, -0.15) is 0 Å². The Morgan fingerprint density at radius 1 is 1.07 bits per heavy atom. The molecular weight excluding hydrogens is 364 g/mol. The predicted octanol–water partition coefficient (Wildman–Crippen LogP) is 4.01. The van der Waals surface area contributed by atoms with Gasteiger partial charge in [0.25, 0.3) is 17.7 Å². The molecule has 0 saturated carbocycles. The highest BCUT2D eigenvalue weighted by molar-refractivity contribution is 6.31. The fraction of sp³-hybridized carbons (Fsp3) is 0.286. The maximum Gasteiger partial charge on any atom is 0.261 e. The molecular formula is C21H21ClN2O3. The first-order valence-electron chi connectivity index (χ1n) is 8.93. The number of carbonyl (C=O) groups excluding carboxylic acids is 3. The number of nitrogens with zero attached hydrogens (tertiary/aromatic N) is 2. The van der Waals surface area contributed by atoms with Crippen LogP contribution in [0.2, 0.25) is 5.02 Å². The maximum absolute atomic E-state index is 12.8. The molecule has 140 valence electrons. The molecule has 0 bridgehead atoms. The Morgan fingerprint density at radius 2 is 1.78 bits per heavy atom. The molecule has 6 heteroatoms. The minimum atomic E-state index is -0.327. The van der Waals surface area contributed by atoms with Crippen LogP contribution in [0.4, 0.5) is 0 Å². The number of halogens is 1. The van der Waals surface area contributed by atoms with E-state index in [1.165, 1.54) is 11.0 Å². The molecule has 0 unspecified atom stereocenters. The maximum atomic E-state index is 12.8. The van der Waals surface area contributed by atoms with E-state index in [0.29, 0.717) is 34.8 Å². The number of hydrogen-bond acceptors (Lipinski definition) is 3. The van der Waals surface area contributed by atoms with Gasteiger partial charge in [0, 0.05) is 30.7 Å². The normalized spacial score (nSPS) is 13.1. The van der Waals surface area contributed by atoms with Crippen LogP contribution in [0.15, 0.2) is 42.5 Å². The van der Waals surface area contributed by atoms with Gasteiger partial charge in [0.2, 0.25) is 0 Å². The Morgan fingerprint density at radius 3 is 2.48 bits per heavy atom. The molecule has 3 rings (SSSR count). The second kappa shape index (κ2) is 7.92. The lowest BCUT2D eigenvalue weighted by Gasteiger charge is -2.18. The monoisotopic (exact) mass is 384 g/mol. The Labute approximate surface area is 163 Å². The number of hydrogen-bond donors (Lipinski definition) is 0. The van der Waals surface area contributed by atoms with E-state index >= 15 is 0 Å². The number of fused-ring (bicyclic) bond motifs is 1. The van der Waals surface area contributed by atoms with Crippen molar-refractivity contribution in [2.45, 2.75) is 26.3 Å². The summed E-state index contributed by atoms with van der Waals surface area (Å²) >= 11 is 6.16.